The maximum atomic E-state index is 11.2. The van der Waals surface area contributed by atoms with Crippen molar-refractivity contribution in [3.8, 4) is 22.6 Å². The zero-order chi connectivity index (χ0) is 23.1. The van der Waals surface area contributed by atoms with Gasteiger partial charge in [0.1, 0.15) is 18.1 Å². The van der Waals surface area contributed by atoms with E-state index < -0.39 is 0 Å². The molecule has 0 radical (unpaired) electrons. The quantitative estimate of drug-likeness (QED) is 0.303. The zero-order valence-electron chi connectivity index (χ0n) is 18.7. The number of methoxy groups -OCH3 is 1. The highest BCUT2D eigenvalue weighted by Gasteiger charge is 2.14. The molecule has 0 aliphatic carbocycles. The summed E-state index contributed by atoms with van der Waals surface area (Å²) in [5.41, 5.74) is 4.11. The Morgan fingerprint density at radius 2 is 1.79 bits per heavy atom. The highest BCUT2D eigenvalue weighted by atomic mass is 79.9. The Kier molecular flexibility index (Phi) is 10.5. The summed E-state index contributed by atoms with van der Waals surface area (Å²) in [6.07, 6.45) is -0.179. The van der Waals surface area contributed by atoms with Crippen LogP contribution in [0.5, 0.6) is 11.5 Å². The van der Waals surface area contributed by atoms with E-state index in [2.05, 4.69) is 44.8 Å². The number of carbonyl (C=O) groups is 1. The molecule has 0 saturated carbocycles. The van der Waals surface area contributed by atoms with E-state index in [4.69, 9.17) is 21.1 Å². The predicted molar refractivity (Wildman–Crippen MR) is 139 cm³/mol. The summed E-state index contributed by atoms with van der Waals surface area (Å²) in [5, 5.41) is 6.50. The number of carbonyl (C=O) groups excluding carboxylic acids is 1. The van der Waals surface area contributed by atoms with Gasteiger partial charge >= 0.3 is 0 Å². The van der Waals surface area contributed by atoms with Crippen LogP contribution in [0.1, 0.15) is 25.0 Å². The van der Waals surface area contributed by atoms with Gasteiger partial charge in [-0.2, -0.15) is 0 Å². The van der Waals surface area contributed by atoms with Crippen molar-refractivity contribution in [1.29, 1.82) is 0 Å². The molecule has 0 saturated heterocycles. The zero-order valence-corrected chi connectivity index (χ0v) is 21.8. The lowest BCUT2D eigenvalue weighted by Crippen LogP contribution is -2.41. The molecule has 1 atom stereocenters. The minimum atomic E-state index is -0.179. The van der Waals surface area contributed by atoms with Crippen LogP contribution in [0, 0.1) is 0 Å². The average Bonchev–Trinajstić information content (AvgIpc) is 2.78. The fourth-order valence-electron chi connectivity index (χ4n) is 3.32. The van der Waals surface area contributed by atoms with E-state index in [9.17, 15) is 4.79 Å². The number of amides is 1. The summed E-state index contributed by atoms with van der Waals surface area (Å²) in [7, 11) is 1.60. The van der Waals surface area contributed by atoms with Gasteiger partial charge in [-0.1, -0.05) is 60.1 Å². The summed E-state index contributed by atoms with van der Waals surface area (Å²) in [6.45, 7) is 4.18. The third-order valence-electron chi connectivity index (χ3n) is 4.90. The molecule has 0 heterocycles. The molecule has 3 aromatic rings. The van der Waals surface area contributed by atoms with Crippen molar-refractivity contribution in [3.63, 3.8) is 0 Å². The summed E-state index contributed by atoms with van der Waals surface area (Å²) in [4.78, 5) is 11.2. The molecule has 0 spiro atoms. The van der Waals surface area contributed by atoms with Gasteiger partial charge in [0.25, 0.3) is 0 Å². The largest absolute Gasteiger partial charge is 0.496 e. The van der Waals surface area contributed by atoms with Gasteiger partial charge in [-0.3, -0.25) is 10.1 Å². The minimum absolute atomic E-state index is 0. The van der Waals surface area contributed by atoms with Gasteiger partial charge in [-0.05, 0) is 40.0 Å². The molecular weight excluding hydrogens is 527 g/mol. The molecule has 5 nitrogen and oxygen atoms in total. The average molecular weight is 554 g/mol. The second-order valence-corrected chi connectivity index (χ2v) is 8.53. The highest BCUT2D eigenvalue weighted by Crippen LogP contribution is 2.35. The fourth-order valence-corrected chi connectivity index (χ4v) is 4.17. The van der Waals surface area contributed by atoms with E-state index in [1.807, 2.05) is 43.3 Å². The van der Waals surface area contributed by atoms with Crippen LogP contribution in [0.4, 0.5) is 0 Å². The summed E-state index contributed by atoms with van der Waals surface area (Å²) in [6, 6.07) is 19.9. The normalized spacial score (nSPS) is 11.3. The minimum Gasteiger partial charge on any atom is -0.496 e. The van der Waals surface area contributed by atoms with Crippen LogP contribution < -0.4 is 20.1 Å². The summed E-state index contributed by atoms with van der Waals surface area (Å²) >= 11 is 10.2. The van der Waals surface area contributed by atoms with Gasteiger partial charge in [0.15, 0.2) is 0 Å². The number of halogens is 3. The fraction of sp³-hybridized carbons (Fsp3) is 0.240. The molecule has 0 fully saturated rings. The standard InChI is InChI=1S/C25H26BrClN2O3.ClH/c1-16(29-17(2)30)28-14-20-12-22(27)24(13-23(20)31-3)32-15-19-10-7-11-21(25(19)26)18-8-5-4-6-9-18;/h4-13,16,28H,14-15H2,1-3H3,(H,29,30);1H. The first-order valence-electron chi connectivity index (χ1n) is 10.2. The molecule has 33 heavy (non-hydrogen) atoms. The Morgan fingerprint density at radius 1 is 1.06 bits per heavy atom. The molecule has 176 valence electrons. The smallest absolute Gasteiger partial charge is 0.218 e. The molecule has 1 amide bonds. The van der Waals surface area contributed by atoms with Crippen LogP contribution in [-0.2, 0) is 17.9 Å². The maximum Gasteiger partial charge on any atom is 0.218 e. The Bertz CT molecular complexity index is 1080. The van der Waals surface area contributed by atoms with Crippen molar-refractivity contribution >= 4 is 45.8 Å². The molecule has 8 heteroatoms. The van der Waals surface area contributed by atoms with Crippen molar-refractivity contribution < 1.29 is 14.3 Å². The van der Waals surface area contributed by atoms with E-state index in [0.29, 0.717) is 29.7 Å². The second-order valence-electron chi connectivity index (χ2n) is 7.33. The van der Waals surface area contributed by atoms with Gasteiger partial charge in [0.2, 0.25) is 5.91 Å². The lowest BCUT2D eigenvalue weighted by atomic mass is 10.0. The molecule has 3 aromatic carbocycles. The number of hydrogen-bond donors (Lipinski definition) is 2. The van der Waals surface area contributed by atoms with Crippen molar-refractivity contribution in [2.24, 2.45) is 0 Å². The molecule has 0 bridgehead atoms. The van der Waals surface area contributed by atoms with Crippen LogP contribution in [0.2, 0.25) is 5.02 Å². The van der Waals surface area contributed by atoms with Crippen LogP contribution in [0.3, 0.4) is 0 Å². The van der Waals surface area contributed by atoms with Gasteiger partial charge in [-0.25, -0.2) is 0 Å². The van der Waals surface area contributed by atoms with E-state index >= 15 is 0 Å². The lowest BCUT2D eigenvalue weighted by Gasteiger charge is -2.18. The van der Waals surface area contributed by atoms with Crippen molar-refractivity contribution in [2.45, 2.75) is 33.2 Å². The Labute approximate surface area is 214 Å². The first-order chi connectivity index (χ1) is 15.4. The van der Waals surface area contributed by atoms with Gasteiger partial charge in [-0.15, -0.1) is 12.4 Å². The summed E-state index contributed by atoms with van der Waals surface area (Å²) < 4.78 is 12.6. The SMILES string of the molecule is COc1cc(OCc2cccc(-c3ccccc3)c2Br)c(Cl)cc1CNC(C)NC(C)=O.Cl. The Balaban J connectivity index is 0.00000385. The number of benzene rings is 3. The molecule has 0 aromatic heterocycles. The van der Waals surface area contributed by atoms with E-state index in [1.54, 1.807) is 13.2 Å². The van der Waals surface area contributed by atoms with Crippen LogP contribution in [0.15, 0.2) is 65.1 Å². The van der Waals surface area contributed by atoms with Crippen molar-refractivity contribution in [1.82, 2.24) is 10.6 Å². The second kappa shape index (κ2) is 12.8. The number of hydrogen-bond acceptors (Lipinski definition) is 4. The number of rotatable bonds is 9. The Hall–Kier alpha value is -2.25. The lowest BCUT2D eigenvalue weighted by molar-refractivity contribution is -0.119. The van der Waals surface area contributed by atoms with Crippen LogP contribution in [0.25, 0.3) is 11.1 Å². The maximum absolute atomic E-state index is 11.2. The van der Waals surface area contributed by atoms with Crippen molar-refractivity contribution in [2.75, 3.05) is 7.11 Å². The van der Waals surface area contributed by atoms with Gasteiger partial charge in [0, 0.05) is 35.1 Å². The summed E-state index contributed by atoms with van der Waals surface area (Å²) in [5.74, 6) is 1.10. The third-order valence-corrected chi connectivity index (χ3v) is 6.13. The number of nitrogens with one attached hydrogen (secondary N) is 2. The van der Waals surface area contributed by atoms with Crippen LogP contribution >= 0.6 is 39.9 Å². The third kappa shape index (κ3) is 7.37. The predicted octanol–water partition coefficient (Wildman–Crippen LogP) is 6.35. The topological polar surface area (TPSA) is 59.6 Å². The monoisotopic (exact) mass is 552 g/mol. The van der Waals surface area contributed by atoms with Crippen LogP contribution in [-0.4, -0.2) is 19.2 Å². The highest BCUT2D eigenvalue weighted by molar-refractivity contribution is 9.10. The Morgan fingerprint density at radius 3 is 2.45 bits per heavy atom. The molecule has 0 aliphatic heterocycles. The van der Waals surface area contributed by atoms with Gasteiger partial charge < -0.3 is 14.8 Å². The first-order valence-corrected chi connectivity index (χ1v) is 11.4. The van der Waals surface area contributed by atoms with E-state index in [-0.39, 0.29) is 24.5 Å². The molecule has 2 N–H and O–H groups in total. The number of ether oxygens (including phenoxy) is 2. The molecule has 0 aliphatic rings. The van der Waals surface area contributed by atoms with Gasteiger partial charge in [0.05, 0.1) is 18.3 Å². The molecule has 3 rings (SSSR count). The molecule has 1 unspecified atom stereocenters. The molecular formula is C25H27BrCl2N2O3. The van der Waals surface area contributed by atoms with E-state index in [1.165, 1.54) is 6.92 Å². The van der Waals surface area contributed by atoms with Crippen molar-refractivity contribution in [3.05, 3.63) is 81.3 Å². The first kappa shape index (κ1) is 27.0. The van der Waals surface area contributed by atoms with E-state index in [0.717, 1.165) is 26.7 Å².